The second-order valence-corrected chi connectivity index (χ2v) is 6.81. The van der Waals surface area contributed by atoms with Crippen LogP contribution >= 0.6 is 0 Å². The number of hydrogen-bond donors (Lipinski definition) is 1. The molecule has 2 atom stereocenters. The first-order valence-electron chi connectivity index (χ1n) is 5.63. The number of sulfone groups is 1. The van der Waals surface area contributed by atoms with Crippen LogP contribution in [0.5, 0.6) is 0 Å². The Balaban J connectivity index is 2.35. The standard InChI is InChI=1S/C10H22N2O2S/c1-3-9(2)10(11)8-12-4-6-15(13,14)7-5-12/h9-10H,3-8,11H2,1-2H3. The van der Waals surface area contributed by atoms with Crippen molar-refractivity contribution < 1.29 is 8.42 Å². The summed E-state index contributed by atoms with van der Waals surface area (Å²) in [6.07, 6.45) is 1.08. The van der Waals surface area contributed by atoms with Gasteiger partial charge in [0.2, 0.25) is 0 Å². The lowest BCUT2D eigenvalue weighted by Gasteiger charge is -2.30. The third-order valence-corrected chi connectivity index (χ3v) is 4.89. The summed E-state index contributed by atoms with van der Waals surface area (Å²) < 4.78 is 22.4. The van der Waals surface area contributed by atoms with Crippen LogP contribution in [0.1, 0.15) is 20.3 Å². The van der Waals surface area contributed by atoms with E-state index in [4.69, 9.17) is 5.73 Å². The maximum atomic E-state index is 11.2. The second kappa shape index (κ2) is 5.27. The summed E-state index contributed by atoms with van der Waals surface area (Å²) in [7, 11) is -2.76. The Labute approximate surface area is 92.7 Å². The average molecular weight is 234 g/mol. The molecule has 1 rings (SSSR count). The molecule has 0 aromatic carbocycles. The van der Waals surface area contributed by atoms with Crippen molar-refractivity contribution in [1.29, 1.82) is 0 Å². The monoisotopic (exact) mass is 234 g/mol. The lowest BCUT2D eigenvalue weighted by molar-refractivity contribution is 0.247. The molecule has 1 heterocycles. The zero-order valence-electron chi connectivity index (χ0n) is 9.65. The van der Waals surface area contributed by atoms with Gasteiger partial charge in [-0.25, -0.2) is 8.42 Å². The van der Waals surface area contributed by atoms with Crippen LogP contribution in [0.15, 0.2) is 0 Å². The topological polar surface area (TPSA) is 63.4 Å². The molecule has 0 amide bonds. The Morgan fingerprint density at radius 3 is 2.33 bits per heavy atom. The Kier molecular flexibility index (Phi) is 4.55. The molecule has 0 radical (unpaired) electrons. The Morgan fingerprint density at radius 2 is 1.87 bits per heavy atom. The van der Waals surface area contributed by atoms with Crippen molar-refractivity contribution in [3.63, 3.8) is 0 Å². The van der Waals surface area contributed by atoms with Crippen LogP contribution in [0.25, 0.3) is 0 Å². The molecule has 90 valence electrons. The fourth-order valence-corrected chi connectivity index (χ4v) is 2.99. The van der Waals surface area contributed by atoms with Crippen LogP contribution < -0.4 is 5.73 Å². The summed E-state index contributed by atoms with van der Waals surface area (Å²) >= 11 is 0. The highest BCUT2D eigenvalue weighted by atomic mass is 32.2. The average Bonchev–Trinajstić information content (AvgIpc) is 2.20. The lowest BCUT2D eigenvalue weighted by Crippen LogP contribution is -2.47. The molecular weight excluding hydrogens is 212 g/mol. The van der Waals surface area contributed by atoms with E-state index in [9.17, 15) is 8.42 Å². The van der Waals surface area contributed by atoms with Crippen LogP contribution in [-0.2, 0) is 9.84 Å². The molecule has 0 aromatic rings. The molecule has 0 saturated carbocycles. The number of nitrogens with zero attached hydrogens (tertiary/aromatic N) is 1. The van der Waals surface area contributed by atoms with Gasteiger partial charge in [-0.15, -0.1) is 0 Å². The molecule has 2 unspecified atom stereocenters. The summed E-state index contributed by atoms with van der Waals surface area (Å²) in [6, 6.07) is 0.163. The van der Waals surface area contributed by atoms with Crippen LogP contribution in [0.3, 0.4) is 0 Å². The van der Waals surface area contributed by atoms with Crippen LogP contribution in [-0.4, -0.2) is 50.5 Å². The first-order valence-corrected chi connectivity index (χ1v) is 7.45. The second-order valence-electron chi connectivity index (χ2n) is 4.50. The van der Waals surface area contributed by atoms with E-state index >= 15 is 0 Å². The third kappa shape index (κ3) is 4.09. The molecule has 4 nitrogen and oxygen atoms in total. The summed E-state index contributed by atoms with van der Waals surface area (Å²) in [4.78, 5) is 2.16. The largest absolute Gasteiger partial charge is 0.326 e. The molecule has 15 heavy (non-hydrogen) atoms. The van der Waals surface area contributed by atoms with E-state index in [2.05, 4.69) is 18.7 Å². The molecule has 1 saturated heterocycles. The van der Waals surface area contributed by atoms with Gasteiger partial charge in [-0.3, -0.25) is 4.90 Å². The Morgan fingerprint density at radius 1 is 1.33 bits per heavy atom. The van der Waals surface area contributed by atoms with Gasteiger partial charge in [0.05, 0.1) is 11.5 Å². The van der Waals surface area contributed by atoms with Crippen LogP contribution in [0.2, 0.25) is 0 Å². The van der Waals surface area contributed by atoms with Crippen molar-refractivity contribution in [3.05, 3.63) is 0 Å². The van der Waals surface area contributed by atoms with E-state index in [0.29, 0.717) is 30.5 Å². The van der Waals surface area contributed by atoms with Gasteiger partial charge in [-0.2, -0.15) is 0 Å². The number of hydrogen-bond acceptors (Lipinski definition) is 4. The third-order valence-electron chi connectivity index (χ3n) is 3.28. The van der Waals surface area contributed by atoms with E-state index in [-0.39, 0.29) is 6.04 Å². The first-order chi connectivity index (χ1) is 6.94. The molecule has 5 heteroatoms. The highest BCUT2D eigenvalue weighted by Crippen LogP contribution is 2.09. The van der Waals surface area contributed by atoms with Crippen molar-refractivity contribution in [3.8, 4) is 0 Å². The zero-order valence-corrected chi connectivity index (χ0v) is 10.5. The summed E-state index contributed by atoms with van der Waals surface area (Å²) in [5.41, 5.74) is 6.04. The summed E-state index contributed by atoms with van der Waals surface area (Å²) in [6.45, 7) is 6.39. The maximum Gasteiger partial charge on any atom is 0.152 e. The molecule has 1 fully saturated rings. The summed E-state index contributed by atoms with van der Waals surface area (Å²) in [5, 5.41) is 0. The van der Waals surface area contributed by atoms with Gasteiger partial charge in [0, 0.05) is 25.7 Å². The van der Waals surface area contributed by atoms with Gasteiger partial charge in [0.1, 0.15) is 0 Å². The van der Waals surface area contributed by atoms with Crippen molar-refractivity contribution >= 4 is 9.84 Å². The van der Waals surface area contributed by atoms with Crippen molar-refractivity contribution in [2.24, 2.45) is 11.7 Å². The van der Waals surface area contributed by atoms with Crippen molar-refractivity contribution in [2.75, 3.05) is 31.1 Å². The molecule has 1 aliphatic rings. The number of nitrogens with two attached hydrogens (primary N) is 1. The normalized spacial score (nSPS) is 26.1. The van der Waals surface area contributed by atoms with Crippen LogP contribution in [0, 0.1) is 5.92 Å². The summed E-state index contributed by atoms with van der Waals surface area (Å²) in [5.74, 6) is 1.09. The molecular formula is C10H22N2O2S. The molecule has 0 aromatic heterocycles. The predicted octanol–water partition coefficient (Wildman–Crippen LogP) is 0.0902. The van der Waals surface area contributed by atoms with Crippen LogP contribution in [0.4, 0.5) is 0 Å². The van der Waals surface area contributed by atoms with E-state index in [0.717, 1.165) is 13.0 Å². The smallest absolute Gasteiger partial charge is 0.152 e. The maximum absolute atomic E-state index is 11.2. The van der Waals surface area contributed by atoms with Gasteiger partial charge in [-0.05, 0) is 5.92 Å². The van der Waals surface area contributed by atoms with Gasteiger partial charge in [0.15, 0.2) is 9.84 Å². The minimum Gasteiger partial charge on any atom is -0.326 e. The van der Waals surface area contributed by atoms with E-state index in [1.54, 1.807) is 0 Å². The highest BCUT2D eigenvalue weighted by molar-refractivity contribution is 7.91. The minimum atomic E-state index is -2.76. The minimum absolute atomic E-state index is 0.163. The van der Waals surface area contributed by atoms with E-state index in [1.165, 1.54) is 0 Å². The Bertz CT molecular complexity index is 276. The molecule has 0 bridgehead atoms. The van der Waals surface area contributed by atoms with Crippen molar-refractivity contribution in [2.45, 2.75) is 26.3 Å². The molecule has 1 aliphatic heterocycles. The fraction of sp³-hybridized carbons (Fsp3) is 1.00. The van der Waals surface area contributed by atoms with E-state index < -0.39 is 9.84 Å². The quantitative estimate of drug-likeness (QED) is 0.749. The first kappa shape index (κ1) is 12.9. The van der Waals surface area contributed by atoms with Gasteiger partial charge >= 0.3 is 0 Å². The Hall–Kier alpha value is -0.130. The van der Waals surface area contributed by atoms with Crippen molar-refractivity contribution in [1.82, 2.24) is 4.90 Å². The SMILES string of the molecule is CCC(C)C(N)CN1CCS(=O)(=O)CC1. The highest BCUT2D eigenvalue weighted by Gasteiger charge is 2.23. The zero-order chi connectivity index (χ0) is 11.5. The molecule has 0 aliphatic carbocycles. The molecule has 0 spiro atoms. The molecule has 2 N–H and O–H groups in total. The fourth-order valence-electron chi connectivity index (χ4n) is 1.71. The van der Waals surface area contributed by atoms with Gasteiger partial charge < -0.3 is 5.73 Å². The van der Waals surface area contributed by atoms with Gasteiger partial charge in [-0.1, -0.05) is 20.3 Å². The number of rotatable bonds is 4. The predicted molar refractivity (Wildman–Crippen MR) is 62.5 cm³/mol. The lowest BCUT2D eigenvalue weighted by atomic mass is 10.00. The van der Waals surface area contributed by atoms with Gasteiger partial charge in [0.25, 0.3) is 0 Å². The van der Waals surface area contributed by atoms with E-state index in [1.807, 2.05) is 0 Å².